The summed E-state index contributed by atoms with van der Waals surface area (Å²) in [5.41, 5.74) is 10.2. The molecule has 0 amide bonds. The number of azide groups is 1. The summed E-state index contributed by atoms with van der Waals surface area (Å²) >= 11 is 0. The van der Waals surface area contributed by atoms with Gasteiger partial charge >= 0.3 is 0 Å². The summed E-state index contributed by atoms with van der Waals surface area (Å²) < 4.78 is 0. The molecule has 2 aromatic rings. The van der Waals surface area contributed by atoms with Crippen molar-refractivity contribution in [3.8, 4) is 0 Å². The minimum atomic E-state index is 1.03. The zero-order chi connectivity index (χ0) is 13.8. The van der Waals surface area contributed by atoms with Gasteiger partial charge in [-0.05, 0) is 16.7 Å². The van der Waals surface area contributed by atoms with E-state index in [4.69, 9.17) is 5.53 Å². The highest BCUT2D eigenvalue weighted by Crippen LogP contribution is 2.00. The first kappa shape index (κ1) is 14.3. The highest BCUT2D eigenvalue weighted by atomic mass is 15.1. The second-order valence-electron chi connectivity index (χ2n) is 3.55. The first-order valence-electron chi connectivity index (χ1n) is 5.80. The molecular weight excluding hydrogens is 234 g/mol. The Bertz CT molecular complexity index is 553. The number of nitrogens with zero attached hydrogens (tertiary/aromatic N) is 3. The molecule has 0 aliphatic carbocycles. The molecule has 0 unspecified atom stereocenters. The molecule has 0 saturated heterocycles. The monoisotopic (exact) mass is 249 g/mol. The van der Waals surface area contributed by atoms with Crippen LogP contribution in [0.3, 0.4) is 0 Å². The lowest BCUT2D eigenvalue weighted by Gasteiger charge is -1.87. The highest BCUT2D eigenvalue weighted by molar-refractivity contribution is 5.48. The molecule has 3 nitrogen and oxygen atoms in total. The van der Waals surface area contributed by atoms with Crippen molar-refractivity contribution in [2.45, 2.75) is 0 Å². The molecular formula is C16H15N3. The maximum absolute atomic E-state index is 7.95. The number of rotatable bonds is 3. The molecule has 0 fully saturated rings. The van der Waals surface area contributed by atoms with Crippen LogP contribution < -0.4 is 0 Å². The van der Waals surface area contributed by atoms with Gasteiger partial charge in [-0.25, -0.2) is 0 Å². The van der Waals surface area contributed by atoms with Crippen molar-refractivity contribution >= 4 is 12.2 Å². The molecule has 0 aliphatic heterocycles. The maximum atomic E-state index is 7.95. The molecule has 0 aromatic heterocycles. The summed E-state index contributed by atoms with van der Waals surface area (Å²) in [7, 11) is 0. The zero-order valence-electron chi connectivity index (χ0n) is 10.6. The van der Waals surface area contributed by atoms with Crippen molar-refractivity contribution in [3.05, 3.63) is 95.0 Å². The number of hydrogen-bond acceptors (Lipinski definition) is 1. The van der Waals surface area contributed by atoms with Gasteiger partial charge in [0.2, 0.25) is 0 Å². The Labute approximate surface area is 113 Å². The molecule has 0 atom stereocenters. The van der Waals surface area contributed by atoms with Crippen LogP contribution in [0.4, 0.5) is 0 Å². The third kappa shape index (κ3) is 6.51. The molecule has 2 rings (SSSR count). The van der Waals surface area contributed by atoms with Crippen LogP contribution in [0.25, 0.3) is 22.6 Å². The zero-order valence-corrected chi connectivity index (χ0v) is 10.6. The van der Waals surface area contributed by atoms with E-state index in [1.165, 1.54) is 11.8 Å². The summed E-state index contributed by atoms with van der Waals surface area (Å²) in [4.78, 5) is 2.59. The summed E-state index contributed by atoms with van der Waals surface area (Å²) in [6, 6.07) is 19.7. The predicted molar refractivity (Wildman–Crippen MR) is 81.2 cm³/mol. The fraction of sp³-hybridized carbons (Fsp3) is 0. The Morgan fingerprint density at radius 2 is 1.42 bits per heavy atom. The lowest BCUT2D eigenvalue weighted by atomic mass is 10.2. The summed E-state index contributed by atoms with van der Waals surface area (Å²) in [5, 5.41) is 3.27. The van der Waals surface area contributed by atoms with Crippen LogP contribution in [-0.4, -0.2) is 0 Å². The predicted octanol–water partition coefficient (Wildman–Crippen LogP) is 5.30. The molecule has 0 saturated carbocycles. The van der Waals surface area contributed by atoms with Crippen molar-refractivity contribution in [1.29, 1.82) is 0 Å². The van der Waals surface area contributed by atoms with E-state index in [0.29, 0.717) is 0 Å². The quantitative estimate of drug-likeness (QED) is 0.403. The van der Waals surface area contributed by atoms with Gasteiger partial charge in [-0.15, -0.1) is 0 Å². The van der Waals surface area contributed by atoms with Gasteiger partial charge in [0.05, 0.1) is 0 Å². The molecule has 0 bridgehead atoms. The van der Waals surface area contributed by atoms with Gasteiger partial charge in [-0.2, -0.15) is 0 Å². The van der Waals surface area contributed by atoms with Crippen molar-refractivity contribution in [1.82, 2.24) is 0 Å². The van der Waals surface area contributed by atoms with Crippen LogP contribution in [0.5, 0.6) is 0 Å². The lowest BCUT2D eigenvalue weighted by molar-refractivity contribution is 1.52. The first-order chi connectivity index (χ1) is 9.36. The number of benzene rings is 2. The average molecular weight is 249 g/mol. The summed E-state index contributed by atoms with van der Waals surface area (Å²) in [5.74, 6) is 0. The SMILES string of the molecule is C=Cc1ccccc1.[N-]=[N+]=NC=Cc1ccccc1. The van der Waals surface area contributed by atoms with Crippen LogP contribution in [0.15, 0.2) is 78.6 Å². The van der Waals surface area contributed by atoms with Gasteiger partial charge in [-0.1, -0.05) is 84.5 Å². The second kappa shape index (κ2) is 9.28. The van der Waals surface area contributed by atoms with Gasteiger partial charge in [0.25, 0.3) is 0 Å². The molecule has 0 spiro atoms. The van der Waals surface area contributed by atoms with Crippen molar-refractivity contribution in [2.75, 3.05) is 0 Å². The van der Waals surface area contributed by atoms with Crippen LogP contribution in [-0.2, 0) is 0 Å². The van der Waals surface area contributed by atoms with Crippen LogP contribution in [0.1, 0.15) is 11.1 Å². The summed E-state index contributed by atoms with van der Waals surface area (Å²) in [6.45, 7) is 3.63. The molecule has 94 valence electrons. The Hall–Kier alpha value is -2.77. The lowest BCUT2D eigenvalue weighted by Crippen LogP contribution is -1.65. The van der Waals surface area contributed by atoms with Gasteiger partial charge in [0.15, 0.2) is 0 Å². The molecule has 0 aliphatic rings. The van der Waals surface area contributed by atoms with Crippen molar-refractivity contribution in [3.63, 3.8) is 0 Å². The first-order valence-corrected chi connectivity index (χ1v) is 5.80. The van der Waals surface area contributed by atoms with Gasteiger partial charge in [0, 0.05) is 11.1 Å². The fourth-order valence-electron chi connectivity index (χ4n) is 1.30. The maximum Gasteiger partial charge on any atom is 0.00475 e. The van der Waals surface area contributed by atoms with Crippen LogP contribution in [0, 0.1) is 0 Å². The Morgan fingerprint density at radius 1 is 0.895 bits per heavy atom. The van der Waals surface area contributed by atoms with Crippen LogP contribution in [0.2, 0.25) is 0 Å². The third-order valence-electron chi connectivity index (χ3n) is 2.22. The van der Waals surface area contributed by atoms with Gasteiger partial charge < -0.3 is 0 Å². The van der Waals surface area contributed by atoms with Gasteiger partial charge in [0.1, 0.15) is 0 Å². The Morgan fingerprint density at radius 3 is 1.84 bits per heavy atom. The highest BCUT2D eigenvalue weighted by Gasteiger charge is 1.79. The van der Waals surface area contributed by atoms with Crippen molar-refractivity contribution < 1.29 is 0 Å². The largest absolute Gasteiger partial charge is 0.0985 e. The third-order valence-corrected chi connectivity index (χ3v) is 2.22. The average Bonchev–Trinajstić information content (AvgIpc) is 2.50. The van der Waals surface area contributed by atoms with E-state index in [2.05, 4.69) is 16.6 Å². The standard InChI is InChI=1S/C8H7N3.C8H8/c9-11-10-7-6-8-4-2-1-3-5-8;1-2-8-6-4-3-5-7-8/h1-7H;2-7H,1H2. The van der Waals surface area contributed by atoms with E-state index in [0.717, 1.165) is 5.56 Å². The van der Waals surface area contributed by atoms with E-state index in [1.807, 2.05) is 66.7 Å². The molecule has 19 heavy (non-hydrogen) atoms. The van der Waals surface area contributed by atoms with E-state index in [-0.39, 0.29) is 0 Å². The molecule has 0 N–H and O–H groups in total. The molecule has 3 heteroatoms. The van der Waals surface area contributed by atoms with E-state index in [1.54, 1.807) is 6.08 Å². The minimum absolute atomic E-state index is 1.03. The van der Waals surface area contributed by atoms with E-state index in [9.17, 15) is 0 Å². The molecule has 2 aromatic carbocycles. The molecule has 0 heterocycles. The smallest absolute Gasteiger partial charge is 0.00475 e. The minimum Gasteiger partial charge on any atom is -0.0985 e. The normalized spacial score (nSPS) is 9.05. The Balaban J connectivity index is 0.000000200. The molecule has 0 radical (unpaired) electrons. The Kier molecular flexibility index (Phi) is 6.98. The van der Waals surface area contributed by atoms with Crippen molar-refractivity contribution in [2.24, 2.45) is 5.11 Å². The second-order valence-corrected chi connectivity index (χ2v) is 3.55. The van der Waals surface area contributed by atoms with Crippen LogP contribution >= 0.6 is 0 Å². The number of hydrogen-bond donors (Lipinski definition) is 0. The van der Waals surface area contributed by atoms with E-state index < -0.39 is 0 Å². The van der Waals surface area contributed by atoms with E-state index >= 15 is 0 Å². The fourth-order valence-corrected chi connectivity index (χ4v) is 1.30. The van der Waals surface area contributed by atoms with Gasteiger partial charge in [-0.3, -0.25) is 0 Å². The summed E-state index contributed by atoms with van der Waals surface area (Å²) in [6.07, 6.45) is 5.01. The topological polar surface area (TPSA) is 48.8 Å².